The van der Waals surface area contributed by atoms with Crippen LogP contribution in [0.5, 0.6) is 0 Å². The Morgan fingerprint density at radius 3 is 2.94 bits per heavy atom. The SMILES string of the molecule is CSC1CCC(NC2CC(=O)N3CCCCC23)C1. The highest BCUT2D eigenvalue weighted by atomic mass is 32.2. The summed E-state index contributed by atoms with van der Waals surface area (Å²) >= 11 is 2.00. The maximum absolute atomic E-state index is 12.0. The van der Waals surface area contributed by atoms with Gasteiger partial charge in [0.15, 0.2) is 0 Å². The minimum atomic E-state index is 0.386. The summed E-state index contributed by atoms with van der Waals surface area (Å²) in [6.07, 6.45) is 10.6. The van der Waals surface area contributed by atoms with Gasteiger partial charge in [-0.1, -0.05) is 0 Å². The number of carbonyl (C=O) groups excluding carboxylic acids is 1. The first-order valence-corrected chi connectivity index (χ1v) is 8.65. The molecule has 1 aliphatic carbocycles. The maximum atomic E-state index is 12.0. The second-order valence-electron chi connectivity index (χ2n) is 6.00. The van der Waals surface area contributed by atoms with Crippen LogP contribution in [0.15, 0.2) is 0 Å². The highest BCUT2D eigenvalue weighted by Gasteiger charge is 2.41. The molecule has 3 nitrogen and oxygen atoms in total. The van der Waals surface area contributed by atoms with E-state index in [-0.39, 0.29) is 0 Å². The standard InChI is InChI=1S/C14H24N2OS/c1-18-11-6-5-10(8-11)15-12-9-14(17)16-7-3-2-4-13(12)16/h10-13,15H,2-9H2,1H3. The third-order valence-corrected chi connectivity index (χ3v) is 5.99. The van der Waals surface area contributed by atoms with Crippen molar-refractivity contribution in [1.82, 2.24) is 10.2 Å². The molecule has 3 aliphatic rings. The molecule has 102 valence electrons. The van der Waals surface area contributed by atoms with Crippen LogP contribution in [0.25, 0.3) is 0 Å². The number of amides is 1. The molecule has 3 fully saturated rings. The monoisotopic (exact) mass is 268 g/mol. The van der Waals surface area contributed by atoms with Gasteiger partial charge >= 0.3 is 0 Å². The lowest BCUT2D eigenvalue weighted by Crippen LogP contribution is -2.48. The van der Waals surface area contributed by atoms with Crippen molar-refractivity contribution >= 4 is 17.7 Å². The molecule has 2 aliphatic heterocycles. The highest BCUT2D eigenvalue weighted by Crippen LogP contribution is 2.32. The van der Waals surface area contributed by atoms with E-state index in [9.17, 15) is 4.79 Å². The van der Waals surface area contributed by atoms with E-state index in [1.807, 2.05) is 11.8 Å². The predicted octanol–water partition coefficient (Wildman–Crippen LogP) is 2.01. The number of fused-ring (bicyclic) bond motifs is 1. The smallest absolute Gasteiger partial charge is 0.224 e. The van der Waals surface area contributed by atoms with Crippen LogP contribution in [-0.2, 0) is 4.79 Å². The van der Waals surface area contributed by atoms with E-state index in [2.05, 4.69) is 16.5 Å². The molecule has 0 aromatic carbocycles. The molecular formula is C14H24N2OS. The van der Waals surface area contributed by atoms with Gasteiger partial charge in [0.2, 0.25) is 5.91 Å². The average Bonchev–Trinajstić information content (AvgIpc) is 2.97. The van der Waals surface area contributed by atoms with Gasteiger partial charge in [-0.25, -0.2) is 0 Å². The van der Waals surface area contributed by atoms with Crippen LogP contribution >= 0.6 is 11.8 Å². The Labute approximate surface area is 114 Å². The summed E-state index contributed by atoms with van der Waals surface area (Å²) in [7, 11) is 0. The third kappa shape index (κ3) is 2.42. The van der Waals surface area contributed by atoms with Gasteiger partial charge in [-0.3, -0.25) is 4.79 Å². The Balaban J connectivity index is 1.58. The summed E-state index contributed by atoms with van der Waals surface area (Å²) in [6, 6.07) is 1.59. The van der Waals surface area contributed by atoms with E-state index < -0.39 is 0 Å². The summed E-state index contributed by atoms with van der Waals surface area (Å²) in [6.45, 7) is 1.000. The lowest BCUT2D eigenvalue weighted by molar-refractivity contribution is -0.129. The number of rotatable bonds is 3. The van der Waals surface area contributed by atoms with Gasteiger partial charge in [-0.05, 0) is 44.8 Å². The Bertz CT molecular complexity index is 323. The van der Waals surface area contributed by atoms with Crippen LogP contribution in [0.2, 0.25) is 0 Å². The molecule has 1 N–H and O–H groups in total. The summed E-state index contributed by atoms with van der Waals surface area (Å²) in [5.74, 6) is 0.386. The number of nitrogens with one attached hydrogen (secondary N) is 1. The summed E-state index contributed by atoms with van der Waals surface area (Å²) in [5, 5.41) is 4.63. The van der Waals surface area contributed by atoms with Gasteiger partial charge in [0, 0.05) is 36.3 Å². The second-order valence-corrected chi connectivity index (χ2v) is 7.13. The van der Waals surface area contributed by atoms with Crippen molar-refractivity contribution in [3.63, 3.8) is 0 Å². The lowest BCUT2D eigenvalue weighted by Gasteiger charge is -2.33. The molecule has 1 saturated carbocycles. The Morgan fingerprint density at radius 1 is 1.28 bits per heavy atom. The molecular weight excluding hydrogens is 244 g/mol. The number of carbonyl (C=O) groups is 1. The molecule has 1 amide bonds. The number of piperidine rings is 1. The molecule has 4 heteroatoms. The molecule has 18 heavy (non-hydrogen) atoms. The third-order valence-electron chi connectivity index (χ3n) is 4.90. The number of nitrogens with zero attached hydrogens (tertiary/aromatic N) is 1. The topological polar surface area (TPSA) is 32.3 Å². The average molecular weight is 268 g/mol. The molecule has 0 aromatic rings. The van der Waals surface area contributed by atoms with E-state index in [0.29, 0.717) is 24.0 Å². The van der Waals surface area contributed by atoms with E-state index in [1.165, 1.54) is 38.5 Å². The van der Waals surface area contributed by atoms with Crippen molar-refractivity contribution in [3.05, 3.63) is 0 Å². The minimum absolute atomic E-state index is 0.386. The van der Waals surface area contributed by atoms with E-state index in [0.717, 1.165) is 18.2 Å². The zero-order valence-electron chi connectivity index (χ0n) is 11.2. The summed E-state index contributed by atoms with van der Waals surface area (Å²) in [4.78, 5) is 14.1. The second kappa shape index (κ2) is 5.41. The summed E-state index contributed by atoms with van der Waals surface area (Å²) < 4.78 is 0. The quantitative estimate of drug-likeness (QED) is 0.850. The maximum Gasteiger partial charge on any atom is 0.224 e. The van der Waals surface area contributed by atoms with Crippen molar-refractivity contribution in [2.45, 2.75) is 68.3 Å². The number of thioether (sulfide) groups is 1. The fourth-order valence-electron chi connectivity index (χ4n) is 3.91. The van der Waals surface area contributed by atoms with Gasteiger partial charge in [0.25, 0.3) is 0 Å². The minimum Gasteiger partial charge on any atom is -0.338 e. The lowest BCUT2D eigenvalue weighted by atomic mass is 9.98. The van der Waals surface area contributed by atoms with Crippen LogP contribution in [0.4, 0.5) is 0 Å². The normalized spacial score (nSPS) is 40.3. The molecule has 0 bridgehead atoms. The zero-order valence-corrected chi connectivity index (χ0v) is 12.0. The van der Waals surface area contributed by atoms with E-state index in [4.69, 9.17) is 0 Å². The van der Waals surface area contributed by atoms with E-state index >= 15 is 0 Å². The van der Waals surface area contributed by atoms with Crippen molar-refractivity contribution in [1.29, 1.82) is 0 Å². The first-order valence-electron chi connectivity index (χ1n) is 7.36. The predicted molar refractivity (Wildman–Crippen MR) is 75.8 cm³/mol. The highest BCUT2D eigenvalue weighted by molar-refractivity contribution is 7.99. The van der Waals surface area contributed by atoms with Gasteiger partial charge in [0.1, 0.15) is 0 Å². The van der Waals surface area contributed by atoms with Crippen LogP contribution < -0.4 is 5.32 Å². The van der Waals surface area contributed by atoms with Crippen molar-refractivity contribution in [2.24, 2.45) is 0 Å². The number of hydrogen-bond acceptors (Lipinski definition) is 3. The molecule has 0 spiro atoms. The Hall–Kier alpha value is -0.220. The molecule has 0 radical (unpaired) electrons. The fourth-order valence-corrected chi connectivity index (χ4v) is 4.70. The van der Waals surface area contributed by atoms with Gasteiger partial charge in [-0.2, -0.15) is 11.8 Å². The first-order chi connectivity index (χ1) is 8.78. The Kier molecular flexibility index (Phi) is 3.85. The van der Waals surface area contributed by atoms with Crippen LogP contribution in [0, 0.1) is 0 Å². The number of hydrogen-bond donors (Lipinski definition) is 1. The molecule has 4 atom stereocenters. The van der Waals surface area contributed by atoms with Crippen LogP contribution in [-0.4, -0.2) is 47.0 Å². The van der Waals surface area contributed by atoms with Crippen molar-refractivity contribution in [2.75, 3.05) is 12.8 Å². The van der Waals surface area contributed by atoms with Crippen LogP contribution in [0.3, 0.4) is 0 Å². The first kappa shape index (κ1) is 12.8. The van der Waals surface area contributed by atoms with Crippen LogP contribution in [0.1, 0.15) is 44.9 Å². The van der Waals surface area contributed by atoms with Crippen molar-refractivity contribution < 1.29 is 4.79 Å². The molecule has 4 unspecified atom stereocenters. The Morgan fingerprint density at radius 2 is 2.17 bits per heavy atom. The summed E-state index contributed by atoms with van der Waals surface area (Å²) in [5.41, 5.74) is 0. The molecule has 2 saturated heterocycles. The largest absolute Gasteiger partial charge is 0.338 e. The zero-order chi connectivity index (χ0) is 12.5. The van der Waals surface area contributed by atoms with Crippen molar-refractivity contribution in [3.8, 4) is 0 Å². The van der Waals surface area contributed by atoms with E-state index in [1.54, 1.807) is 0 Å². The molecule has 2 heterocycles. The molecule has 0 aromatic heterocycles. The molecule has 3 rings (SSSR count). The van der Waals surface area contributed by atoms with Gasteiger partial charge in [0.05, 0.1) is 0 Å². The van der Waals surface area contributed by atoms with Gasteiger partial charge < -0.3 is 10.2 Å². The fraction of sp³-hybridized carbons (Fsp3) is 0.929. The van der Waals surface area contributed by atoms with Gasteiger partial charge in [-0.15, -0.1) is 0 Å².